The minimum Gasteiger partial charge on any atom is -0.493 e. The highest BCUT2D eigenvalue weighted by molar-refractivity contribution is 5.22. The molecule has 0 heterocycles. The number of benzene rings is 1. The van der Waals surface area contributed by atoms with Crippen LogP contribution in [0.1, 0.15) is 12.8 Å². The molecular formula is C10H10FNO. The largest absolute Gasteiger partial charge is 0.493 e. The fraction of sp³-hybridized carbons (Fsp3) is 0.300. The number of nitriles is 1. The first-order chi connectivity index (χ1) is 6.33. The van der Waals surface area contributed by atoms with Gasteiger partial charge in [0.2, 0.25) is 0 Å². The maximum Gasteiger partial charge on any atom is 0.126 e. The lowest BCUT2D eigenvalue weighted by Gasteiger charge is -2.03. The zero-order chi connectivity index (χ0) is 9.52. The summed E-state index contributed by atoms with van der Waals surface area (Å²) in [5.74, 6) is 0.204. The number of nitrogens with zero attached hydrogens (tertiary/aromatic N) is 1. The van der Waals surface area contributed by atoms with Crippen LogP contribution in [0.5, 0.6) is 5.75 Å². The third kappa shape index (κ3) is 3.57. The molecule has 0 aliphatic carbocycles. The van der Waals surface area contributed by atoms with Gasteiger partial charge < -0.3 is 4.74 Å². The van der Waals surface area contributed by atoms with Crippen LogP contribution in [0.25, 0.3) is 0 Å². The van der Waals surface area contributed by atoms with Gasteiger partial charge in [0.25, 0.3) is 0 Å². The molecule has 13 heavy (non-hydrogen) atoms. The molecule has 1 aromatic rings. The Kier molecular flexibility index (Phi) is 3.77. The lowest BCUT2D eigenvalue weighted by atomic mass is 10.3. The average molecular weight is 179 g/mol. The minimum absolute atomic E-state index is 0.308. The van der Waals surface area contributed by atoms with Gasteiger partial charge in [-0.25, -0.2) is 4.39 Å². The molecule has 2 nitrogen and oxygen atoms in total. The summed E-state index contributed by atoms with van der Waals surface area (Å²) in [5, 5.41) is 8.24. The van der Waals surface area contributed by atoms with Crippen LogP contribution in [0.15, 0.2) is 24.3 Å². The van der Waals surface area contributed by atoms with E-state index in [2.05, 4.69) is 0 Å². The van der Waals surface area contributed by atoms with Crippen LogP contribution < -0.4 is 4.74 Å². The van der Waals surface area contributed by atoms with Gasteiger partial charge in [-0.3, -0.25) is 0 Å². The molecule has 1 rings (SSSR count). The van der Waals surface area contributed by atoms with Gasteiger partial charge in [0.15, 0.2) is 0 Å². The SMILES string of the molecule is N#CCCCOc1cccc(F)c1. The molecule has 0 saturated heterocycles. The number of hydrogen-bond donors (Lipinski definition) is 0. The van der Waals surface area contributed by atoms with Crippen LogP contribution in [0.3, 0.4) is 0 Å². The lowest BCUT2D eigenvalue weighted by molar-refractivity contribution is 0.311. The summed E-state index contributed by atoms with van der Waals surface area (Å²) in [7, 11) is 0. The standard InChI is InChI=1S/C10H10FNO/c11-9-4-3-5-10(8-9)13-7-2-1-6-12/h3-5,8H,1-2,7H2. The van der Waals surface area contributed by atoms with Crippen molar-refractivity contribution in [2.75, 3.05) is 6.61 Å². The van der Waals surface area contributed by atoms with Crippen LogP contribution in [0, 0.1) is 17.1 Å². The molecule has 0 unspecified atom stereocenters. The smallest absolute Gasteiger partial charge is 0.126 e. The molecule has 0 aromatic heterocycles. The summed E-state index contributed by atoms with van der Waals surface area (Å²) < 4.78 is 17.8. The van der Waals surface area contributed by atoms with Crippen molar-refractivity contribution in [3.8, 4) is 11.8 Å². The monoisotopic (exact) mass is 179 g/mol. The molecule has 3 heteroatoms. The first-order valence-corrected chi connectivity index (χ1v) is 4.08. The molecule has 1 aromatic carbocycles. The van der Waals surface area contributed by atoms with Crippen LogP contribution in [0.2, 0.25) is 0 Å². The van der Waals surface area contributed by atoms with Crippen molar-refractivity contribution in [3.05, 3.63) is 30.1 Å². The fourth-order valence-electron chi connectivity index (χ4n) is 0.898. The summed E-state index contributed by atoms with van der Waals surface area (Å²) in [6.45, 7) is 0.455. The highest BCUT2D eigenvalue weighted by Gasteiger charge is 1.94. The summed E-state index contributed by atoms with van der Waals surface area (Å²) >= 11 is 0. The van der Waals surface area contributed by atoms with E-state index in [4.69, 9.17) is 10.00 Å². The predicted molar refractivity (Wildman–Crippen MR) is 46.7 cm³/mol. The second kappa shape index (κ2) is 5.15. The molecule has 0 bridgehead atoms. The van der Waals surface area contributed by atoms with E-state index in [0.29, 0.717) is 25.2 Å². The summed E-state index contributed by atoms with van der Waals surface area (Å²) in [5.41, 5.74) is 0. The van der Waals surface area contributed by atoms with E-state index in [0.717, 1.165) is 0 Å². The van der Waals surface area contributed by atoms with Crippen LogP contribution >= 0.6 is 0 Å². The lowest BCUT2D eigenvalue weighted by Crippen LogP contribution is -1.96. The van der Waals surface area contributed by atoms with Crippen molar-refractivity contribution >= 4 is 0 Å². The number of halogens is 1. The molecule has 0 spiro atoms. The van der Waals surface area contributed by atoms with Crippen LogP contribution in [0.4, 0.5) is 4.39 Å². The molecule has 0 amide bonds. The van der Waals surface area contributed by atoms with Gasteiger partial charge >= 0.3 is 0 Å². The van der Waals surface area contributed by atoms with E-state index < -0.39 is 0 Å². The third-order valence-electron chi connectivity index (χ3n) is 1.50. The quantitative estimate of drug-likeness (QED) is 0.665. The van der Waals surface area contributed by atoms with Gasteiger partial charge in [-0.2, -0.15) is 5.26 Å². The van der Waals surface area contributed by atoms with Crippen molar-refractivity contribution < 1.29 is 9.13 Å². The Morgan fingerprint density at radius 1 is 1.46 bits per heavy atom. The zero-order valence-corrected chi connectivity index (χ0v) is 7.16. The number of hydrogen-bond acceptors (Lipinski definition) is 2. The van der Waals surface area contributed by atoms with Gasteiger partial charge in [-0.05, 0) is 18.6 Å². The van der Waals surface area contributed by atoms with E-state index in [1.807, 2.05) is 6.07 Å². The number of rotatable bonds is 4. The number of ether oxygens (including phenoxy) is 1. The second-order valence-electron chi connectivity index (χ2n) is 2.57. The first kappa shape index (κ1) is 9.53. The number of unbranched alkanes of at least 4 members (excludes halogenated alkanes) is 1. The van der Waals surface area contributed by atoms with Crippen molar-refractivity contribution in [1.29, 1.82) is 5.26 Å². The van der Waals surface area contributed by atoms with Gasteiger partial charge in [0, 0.05) is 12.5 Å². The summed E-state index contributed by atoms with van der Waals surface area (Å²) in [6, 6.07) is 7.98. The summed E-state index contributed by atoms with van der Waals surface area (Å²) in [6.07, 6.45) is 1.14. The molecular weight excluding hydrogens is 169 g/mol. The maximum atomic E-state index is 12.6. The van der Waals surface area contributed by atoms with Crippen LogP contribution in [-0.4, -0.2) is 6.61 Å². The summed E-state index contributed by atoms with van der Waals surface area (Å²) in [4.78, 5) is 0. The molecule has 0 fully saturated rings. The Labute approximate surface area is 76.6 Å². The van der Waals surface area contributed by atoms with Crippen molar-refractivity contribution in [3.63, 3.8) is 0 Å². The Morgan fingerprint density at radius 3 is 3.00 bits per heavy atom. The van der Waals surface area contributed by atoms with E-state index in [9.17, 15) is 4.39 Å². The highest BCUT2D eigenvalue weighted by atomic mass is 19.1. The van der Waals surface area contributed by atoms with Gasteiger partial charge in [-0.1, -0.05) is 6.07 Å². The molecule has 0 radical (unpaired) electrons. The first-order valence-electron chi connectivity index (χ1n) is 4.08. The molecule has 0 saturated carbocycles. The maximum absolute atomic E-state index is 12.6. The minimum atomic E-state index is -0.308. The van der Waals surface area contributed by atoms with Crippen molar-refractivity contribution in [1.82, 2.24) is 0 Å². The predicted octanol–water partition coefficient (Wildman–Crippen LogP) is 2.51. The van der Waals surface area contributed by atoms with E-state index in [1.165, 1.54) is 12.1 Å². The second-order valence-corrected chi connectivity index (χ2v) is 2.57. The zero-order valence-electron chi connectivity index (χ0n) is 7.16. The molecule has 0 atom stereocenters. The van der Waals surface area contributed by atoms with Crippen molar-refractivity contribution in [2.24, 2.45) is 0 Å². The molecule has 68 valence electrons. The van der Waals surface area contributed by atoms with E-state index >= 15 is 0 Å². The Morgan fingerprint density at radius 2 is 2.31 bits per heavy atom. The molecule has 0 N–H and O–H groups in total. The van der Waals surface area contributed by atoms with Gasteiger partial charge in [0.1, 0.15) is 11.6 Å². The van der Waals surface area contributed by atoms with Crippen LogP contribution in [-0.2, 0) is 0 Å². The Hall–Kier alpha value is -1.56. The molecule has 0 aliphatic rings. The van der Waals surface area contributed by atoms with Gasteiger partial charge in [-0.15, -0.1) is 0 Å². The average Bonchev–Trinajstić information content (AvgIpc) is 2.13. The fourth-order valence-corrected chi connectivity index (χ4v) is 0.898. The van der Waals surface area contributed by atoms with E-state index in [-0.39, 0.29) is 5.82 Å². The van der Waals surface area contributed by atoms with E-state index in [1.54, 1.807) is 12.1 Å². The topological polar surface area (TPSA) is 33.0 Å². The Balaban J connectivity index is 2.33. The van der Waals surface area contributed by atoms with Crippen molar-refractivity contribution in [2.45, 2.75) is 12.8 Å². The molecule has 0 aliphatic heterocycles. The third-order valence-corrected chi connectivity index (χ3v) is 1.50. The van der Waals surface area contributed by atoms with Gasteiger partial charge in [0.05, 0.1) is 12.7 Å². The normalized spacial score (nSPS) is 9.23. The Bertz CT molecular complexity index is 306. The highest BCUT2D eigenvalue weighted by Crippen LogP contribution is 2.11.